The van der Waals surface area contributed by atoms with Gasteiger partial charge in [0.25, 0.3) is 0 Å². The average molecular weight is 282 g/mol. The molecule has 0 spiro atoms. The minimum absolute atomic E-state index is 0.308. The molecule has 0 bridgehead atoms. The summed E-state index contributed by atoms with van der Waals surface area (Å²) in [5.41, 5.74) is 0. The van der Waals surface area contributed by atoms with Gasteiger partial charge in [0.2, 0.25) is 0 Å². The second-order valence-corrected chi connectivity index (χ2v) is 4.17. The molecule has 19 heavy (non-hydrogen) atoms. The van der Waals surface area contributed by atoms with Crippen LogP contribution in [0.1, 0.15) is 27.2 Å². The third-order valence-electron chi connectivity index (χ3n) is 2.12. The van der Waals surface area contributed by atoms with Crippen molar-refractivity contribution in [2.45, 2.75) is 39.2 Å². The van der Waals surface area contributed by atoms with Crippen LogP contribution in [-0.2, 0) is 23.9 Å². The molecule has 0 heterocycles. The van der Waals surface area contributed by atoms with Crippen LogP contribution in [0.15, 0.2) is 0 Å². The van der Waals surface area contributed by atoms with E-state index in [9.17, 15) is 23.2 Å². The summed E-state index contributed by atoms with van der Waals surface area (Å²) in [5, 5.41) is 8.41. The molecule has 0 aliphatic carbocycles. The fraction of sp³-hybridized carbons (Fsp3) is 0.727. The Bertz CT molecular complexity index is 353. The fourth-order valence-corrected chi connectivity index (χ4v) is 1.23. The van der Waals surface area contributed by atoms with Crippen LogP contribution in [0.3, 0.4) is 0 Å². The maximum atomic E-state index is 13.3. The third kappa shape index (κ3) is 5.62. The zero-order valence-corrected chi connectivity index (χ0v) is 10.8. The summed E-state index contributed by atoms with van der Waals surface area (Å²) in [7, 11) is 0. The van der Waals surface area contributed by atoms with Crippen molar-refractivity contribution in [1.29, 1.82) is 0 Å². The Morgan fingerprint density at radius 1 is 1.26 bits per heavy atom. The van der Waals surface area contributed by atoms with Crippen LogP contribution >= 0.6 is 0 Å². The molecule has 110 valence electrons. The number of ether oxygens (including phenoxy) is 2. The Hall–Kier alpha value is -1.73. The number of carboxylic acid groups (broad SMARTS) is 1. The van der Waals surface area contributed by atoms with E-state index in [1.807, 2.05) is 0 Å². The number of halogens is 2. The molecular weight excluding hydrogens is 266 g/mol. The zero-order chi connectivity index (χ0) is 15.2. The van der Waals surface area contributed by atoms with Crippen LogP contribution < -0.4 is 0 Å². The van der Waals surface area contributed by atoms with Gasteiger partial charge in [0, 0.05) is 6.92 Å². The first-order valence-corrected chi connectivity index (χ1v) is 5.53. The molecule has 0 aromatic rings. The zero-order valence-electron chi connectivity index (χ0n) is 10.8. The highest BCUT2D eigenvalue weighted by molar-refractivity contribution is 5.77. The van der Waals surface area contributed by atoms with Crippen LogP contribution in [0.2, 0.25) is 0 Å². The predicted molar refractivity (Wildman–Crippen MR) is 58.6 cm³/mol. The Kier molecular flexibility index (Phi) is 6.37. The van der Waals surface area contributed by atoms with Gasteiger partial charge in [-0.05, 0) is 5.92 Å². The molecule has 6 nitrogen and oxygen atoms in total. The summed E-state index contributed by atoms with van der Waals surface area (Å²) in [6, 6.07) is 0. The number of hydrogen-bond acceptors (Lipinski definition) is 5. The molecule has 0 aromatic carbocycles. The molecule has 0 aliphatic heterocycles. The van der Waals surface area contributed by atoms with E-state index in [0.717, 1.165) is 6.92 Å². The Labute approximate surface area is 108 Å². The van der Waals surface area contributed by atoms with E-state index >= 15 is 0 Å². The van der Waals surface area contributed by atoms with Gasteiger partial charge in [-0.1, -0.05) is 13.8 Å². The number of carbonyl (C=O) groups excluding carboxylic acids is 2. The minimum atomic E-state index is -4.18. The van der Waals surface area contributed by atoms with Crippen molar-refractivity contribution in [3.8, 4) is 0 Å². The van der Waals surface area contributed by atoms with Gasteiger partial charge < -0.3 is 14.6 Å². The van der Waals surface area contributed by atoms with E-state index < -0.39 is 42.3 Å². The van der Waals surface area contributed by atoms with Gasteiger partial charge >= 0.3 is 23.8 Å². The lowest BCUT2D eigenvalue weighted by molar-refractivity contribution is -0.199. The molecule has 0 saturated carbocycles. The van der Waals surface area contributed by atoms with Crippen LogP contribution in [0.4, 0.5) is 8.78 Å². The summed E-state index contributed by atoms with van der Waals surface area (Å²) >= 11 is 0. The Morgan fingerprint density at radius 2 is 1.79 bits per heavy atom. The number of hydrogen-bond donors (Lipinski definition) is 1. The standard InChI is InChI=1S/C11H16F2O6/c1-6(2)9(11(12,13)10(16)17)19-8(15)4-5-18-7(3)14/h6,9H,4-5H2,1-3H3,(H,16,17). The van der Waals surface area contributed by atoms with E-state index in [1.54, 1.807) is 0 Å². The van der Waals surface area contributed by atoms with Crippen molar-refractivity contribution in [1.82, 2.24) is 0 Å². The number of esters is 2. The lowest BCUT2D eigenvalue weighted by atomic mass is 10.0. The van der Waals surface area contributed by atoms with Crippen LogP contribution in [-0.4, -0.2) is 41.6 Å². The SMILES string of the molecule is CC(=O)OCCC(=O)OC(C(C)C)C(F)(F)C(=O)O. The van der Waals surface area contributed by atoms with Gasteiger partial charge in [-0.25, -0.2) is 4.79 Å². The van der Waals surface area contributed by atoms with Gasteiger partial charge in [-0.2, -0.15) is 8.78 Å². The quantitative estimate of drug-likeness (QED) is 0.706. The van der Waals surface area contributed by atoms with E-state index in [1.165, 1.54) is 13.8 Å². The monoisotopic (exact) mass is 282 g/mol. The van der Waals surface area contributed by atoms with Crippen LogP contribution in [0.25, 0.3) is 0 Å². The van der Waals surface area contributed by atoms with Gasteiger partial charge in [0.1, 0.15) is 6.61 Å². The van der Waals surface area contributed by atoms with Crippen LogP contribution in [0.5, 0.6) is 0 Å². The molecule has 1 N–H and O–H groups in total. The predicted octanol–water partition coefficient (Wildman–Crippen LogP) is 1.23. The van der Waals surface area contributed by atoms with Crippen molar-refractivity contribution < 1.29 is 37.7 Å². The van der Waals surface area contributed by atoms with E-state index in [2.05, 4.69) is 9.47 Å². The summed E-state index contributed by atoms with van der Waals surface area (Å²) in [6.45, 7) is 3.43. The van der Waals surface area contributed by atoms with E-state index in [-0.39, 0.29) is 6.61 Å². The molecular formula is C11H16F2O6. The smallest absolute Gasteiger partial charge is 0.378 e. The summed E-state index contributed by atoms with van der Waals surface area (Å²) in [5.74, 6) is -9.10. The second-order valence-electron chi connectivity index (χ2n) is 4.17. The normalized spacial score (nSPS) is 12.9. The Balaban J connectivity index is 4.56. The second kappa shape index (κ2) is 7.01. The minimum Gasteiger partial charge on any atom is -0.477 e. The Morgan fingerprint density at radius 3 is 2.16 bits per heavy atom. The maximum Gasteiger partial charge on any atom is 0.378 e. The largest absolute Gasteiger partial charge is 0.477 e. The molecule has 0 aromatic heterocycles. The lowest BCUT2D eigenvalue weighted by Crippen LogP contribution is -2.47. The van der Waals surface area contributed by atoms with E-state index in [0.29, 0.717) is 0 Å². The summed E-state index contributed by atoms with van der Waals surface area (Å²) in [4.78, 5) is 32.1. The first-order chi connectivity index (χ1) is 8.59. The van der Waals surface area contributed by atoms with E-state index in [4.69, 9.17) is 5.11 Å². The highest BCUT2D eigenvalue weighted by atomic mass is 19.3. The first kappa shape index (κ1) is 17.3. The van der Waals surface area contributed by atoms with Crippen molar-refractivity contribution >= 4 is 17.9 Å². The molecule has 0 amide bonds. The number of aliphatic carboxylic acids is 1. The lowest BCUT2D eigenvalue weighted by Gasteiger charge is -2.26. The van der Waals surface area contributed by atoms with Crippen LogP contribution in [0, 0.1) is 5.92 Å². The van der Waals surface area contributed by atoms with Crippen molar-refractivity contribution in [3.63, 3.8) is 0 Å². The summed E-state index contributed by atoms with van der Waals surface area (Å²) in [6.07, 6.45) is -2.49. The number of carbonyl (C=O) groups is 3. The number of carboxylic acids is 1. The maximum absolute atomic E-state index is 13.3. The third-order valence-corrected chi connectivity index (χ3v) is 2.12. The molecule has 0 aliphatic rings. The first-order valence-electron chi connectivity index (χ1n) is 5.53. The molecule has 0 rings (SSSR count). The van der Waals surface area contributed by atoms with Crippen molar-refractivity contribution in [2.24, 2.45) is 5.92 Å². The van der Waals surface area contributed by atoms with Gasteiger partial charge in [-0.3, -0.25) is 9.59 Å². The topological polar surface area (TPSA) is 89.9 Å². The average Bonchev–Trinajstić information content (AvgIpc) is 2.24. The van der Waals surface area contributed by atoms with Gasteiger partial charge in [0.05, 0.1) is 6.42 Å². The molecule has 1 unspecified atom stereocenters. The number of rotatable bonds is 7. The fourth-order valence-electron chi connectivity index (χ4n) is 1.23. The van der Waals surface area contributed by atoms with Crippen molar-refractivity contribution in [3.05, 3.63) is 0 Å². The van der Waals surface area contributed by atoms with Crippen molar-refractivity contribution in [2.75, 3.05) is 6.61 Å². The van der Waals surface area contributed by atoms with Gasteiger partial charge in [-0.15, -0.1) is 0 Å². The number of alkyl halides is 2. The molecule has 8 heteroatoms. The summed E-state index contributed by atoms with van der Waals surface area (Å²) < 4.78 is 35.5. The highest BCUT2D eigenvalue weighted by Crippen LogP contribution is 2.27. The molecule has 0 saturated heterocycles. The molecule has 1 atom stereocenters. The van der Waals surface area contributed by atoms with Gasteiger partial charge in [0.15, 0.2) is 6.10 Å². The molecule has 0 fully saturated rings. The molecule has 0 radical (unpaired) electrons. The highest BCUT2D eigenvalue weighted by Gasteiger charge is 2.51.